The zero-order valence-electron chi connectivity index (χ0n) is 18.6. The standard InChI is InChI=1S/C31H26NP/c32-24-26-20-18-25(19-21-26)23-29-15-10-22-33(30-16-8-3-9-17-30)31(29,27-11-4-1-5-12-27)28-13-6-2-7-14-28/h1-9,11-14,16-21,23H,10,15,22H2. The number of nitriles is 1. The second-order valence-electron chi connectivity index (χ2n) is 8.44. The molecule has 1 heterocycles. The summed E-state index contributed by atoms with van der Waals surface area (Å²) < 4.78 is 0. The van der Waals surface area contributed by atoms with Crippen LogP contribution < -0.4 is 5.30 Å². The van der Waals surface area contributed by atoms with Gasteiger partial charge in [-0.25, -0.2) is 0 Å². The molecule has 1 unspecified atom stereocenters. The maximum Gasteiger partial charge on any atom is 0.0991 e. The van der Waals surface area contributed by atoms with Crippen LogP contribution in [-0.4, -0.2) is 6.16 Å². The molecule has 1 aliphatic heterocycles. The molecule has 0 spiro atoms. The van der Waals surface area contributed by atoms with Gasteiger partial charge < -0.3 is 0 Å². The van der Waals surface area contributed by atoms with E-state index in [1.54, 1.807) is 0 Å². The first kappa shape index (κ1) is 21.4. The smallest absolute Gasteiger partial charge is 0.0991 e. The van der Waals surface area contributed by atoms with E-state index in [4.69, 9.17) is 0 Å². The van der Waals surface area contributed by atoms with Crippen LogP contribution in [0.2, 0.25) is 0 Å². The predicted molar refractivity (Wildman–Crippen MR) is 140 cm³/mol. The lowest BCUT2D eigenvalue weighted by Gasteiger charge is -2.48. The zero-order valence-corrected chi connectivity index (χ0v) is 19.5. The summed E-state index contributed by atoms with van der Waals surface area (Å²) in [7, 11) is -0.533. The highest BCUT2D eigenvalue weighted by molar-refractivity contribution is 7.67. The van der Waals surface area contributed by atoms with Crippen molar-refractivity contribution in [3.63, 3.8) is 0 Å². The summed E-state index contributed by atoms with van der Waals surface area (Å²) in [6, 6.07) is 43.5. The Morgan fingerprint density at radius 3 is 1.79 bits per heavy atom. The third kappa shape index (κ3) is 4.04. The molecule has 160 valence electrons. The van der Waals surface area contributed by atoms with E-state index >= 15 is 0 Å². The molecule has 1 saturated heterocycles. The quantitative estimate of drug-likeness (QED) is 0.300. The summed E-state index contributed by atoms with van der Waals surface area (Å²) in [5.41, 5.74) is 6.05. The summed E-state index contributed by atoms with van der Waals surface area (Å²) in [6.07, 6.45) is 5.84. The van der Waals surface area contributed by atoms with Crippen molar-refractivity contribution in [1.29, 1.82) is 5.26 Å². The zero-order chi connectivity index (χ0) is 22.5. The van der Waals surface area contributed by atoms with Crippen molar-refractivity contribution in [3.8, 4) is 6.07 Å². The van der Waals surface area contributed by atoms with Gasteiger partial charge in [-0.2, -0.15) is 5.26 Å². The van der Waals surface area contributed by atoms with E-state index in [1.807, 2.05) is 12.1 Å². The SMILES string of the molecule is N#Cc1ccc(C=C2CCCP(c3ccccc3)C2(c2ccccc2)c2ccccc2)cc1. The molecule has 1 fully saturated rings. The Kier molecular flexibility index (Phi) is 6.21. The van der Waals surface area contributed by atoms with E-state index in [1.165, 1.54) is 34.6 Å². The van der Waals surface area contributed by atoms with Gasteiger partial charge in [0.1, 0.15) is 0 Å². The van der Waals surface area contributed by atoms with Crippen LogP contribution in [0.1, 0.15) is 35.1 Å². The fourth-order valence-electron chi connectivity index (χ4n) is 5.12. The summed E-state index contributed by atoms with van der Waals surface area (Å²) in [6.45, 7) is 0. The molecule has 4 aromatic carbocycles. The molecular weight excluding hydrogens is 417 g/mol. The first-order valence-corrected chi connectivity index (χ1v) is 13.0. The summed E-state index contributed by atoms with van der Waals surface area (Å²) >= 11 is 0. The fourth-order valence-corrected chi connectivity index (χ4v) is 8.55. The van der Waals surface area contributed by atoms with Gasteiger partial charge in [-0.3, -0.25) is 0 Å². The fraction of sp³-hybridized carbons (Fsp3) is 0.129. The molecule has 1 atom stereocenters. The van der Waals surface area contributed by atoms with Gasteiger partial charge in [0, 0.05) is 0 Å². The molecule has 1 aliphatic rings. The molecule has 1 nitrogen and oxygen atoms in total. The Morgan fingerprint density at radius 2 is 1.24 bits per heavy atom. The minimum absolute atomic E-state index is 0.189. The van der Waals surface area contributed by atoms with Crippen LogP contribution in [0.25, 0.3) is 6.08 Å². The maximum absolute atomic E-state index is 9.23. The third-order valence-electron chi connectivity index (χ3n) is 6.53. The van der Waals surface area contributed by atoms with Crippen LogP contribution in [0.15, 0.2) is 121 Å². The molecule has 5 rings (SSSR count). The molecule has 0 aliphatic carbocycles. The predicted octanol–water partition coefficient (Wildman–Crippen LogP) is 7.49. The summed E-state index contributed by atoms with van der Waals surface area (Å²) in [4.78, 5) is 0. The van der Waals surface area contributed by atoms with Gasteiger partial charge in [0.05, 0.1) is 16.8 Å². The van der Waals surface area contributed by atoms with Crippen LogP contribution in [-0.2, 0) is 5.16 Å². The van der Waals surface area contributed by atoms with Gasteiger partial charge >= 0.3 is 0 Å². The summed E-state index contributed by atoms with van der Waals surface area (Å²) in [5.74, 6) is 0. The van der Waals surface area contributed by atoms with Gasteiger partial charge in [-0.1, -0.05) is 123 Å². The second-order valence-corrected chi connectivity index (χ2v) is 10.9. The van der Waals surface area contributed by atoms with E-state index in [0.717, 1.165) is 12.0 Å². The highest BCUT2D eigenvalue weighted by atomic mass is 31.1. The van der Waals surface area contributed by atoms with Crippen molar-refractivity contribution >= 4 is 19.3 Å². The number of rotatable bonds is 4. The highest BCUT2D eigenvalue weighted by Gasteiger charge is 2.47. The van der Waals surface area contributed by atoms with Gasteiger partial charge in [-0.15, -0.1) is 0 Å². The maximum atomic E-state index is 9.23. The molecular formula is C31H26NP. The molecule has 4 aromatic rings. The first-order valence-electron chi connectivity index (χ1n) is 11.5. The van der Waals surface area contributed by atoms with Gasteiger partial charge in [0.15, 0.2) is 0 Å². The molecule has 0 amide bonds. The van der Waals surface area contributed by atoms with E-state index in [2.05, 4.69) is 115 Å². The molecule has 0 N–H and O–H groups in total. The third-order valence-corrected chi connectivity index (χ3v) is 9.83. The van der Waals surface area contributed by atoms with E-state index in [0.29, 0.717) is 5.56 Å². The lowest BCUT2D eigenvalue weighted by atomic mass is 9.80. The Balaban J connectivity index is 1.80. The highest BCUT2D eigenvalue weighted by Crippen LogP contribution is 2.66. The van der Waals surface area contributed by atoms with Crippen molar-refractivity contribution in [1.82, 2.24) is 0 Å². The van der Waals surface area contributed by atoms with Gasteiger partial charge in [-0.05, 0) is 53.1 Å². The van der Waals surface area contributed by atoms with Crippen LogP contribution in [0.3, 0.4) is 0 Å². The summed E-state index contributed by atoms with van der Waals surface area (Å²) in [5, 5.41) is 10.5. The van der Waals surface area contributed by atoms with Gasteiger partial charge in [0.2, 0.25) is 0 Å². The Bertz CT molecular complexity index is 1230. The average molecular weight is 444 g/mol. The van der Waals surface area contributed by atoms with Gasteiger partial charge in [0.25, 0.3) is 0 Å². The van der Waals surface area contributed by atoms with Crippen LogP contribution in [0, 0.1) is 11.3 Å². The molecule has 0 aromatic heterocycles. The number of benzene rings is 4. The first-order chi connectivity index (χ1) is 16.3. The largest absolute Gasteiger partial charge is 0.192 e. The average Bonchev–Trinajstić information content (AvgIpc) is 2.90. The number of hydrogen-bond acceptors (Lipinski definition) is 1. The molecule has 0 saturated carbocycles. The minimum atomic E-state index is -0.533. The Labute approximate surface area is 197 Å². The number of allylic oxidation sites excluding steroid dienone is 1. The van der Waals surface area contributed by atoms with Crippen molar-refractivity contribution in [2.45, 2.75) is 18.0 Å². The molecule has 0 radical (unpaired) electrons. The number of nitrogens with zero attached hydrogens (tertiary/aromatic N) is 1. The van der Waals surface area contributed by atoms with Crippen molar-refractivity contribution < 1.29 is 0 Å². The Morgan fingerprint density at radius 1 is 0.697 bits per heavy atom. The molecule has 2 heteroatoms. The second kappa shape index (κ2) is 9.58. The topological polar surface area (TPSA) is 23.8 Å². The lowest BCUT2D eigenvalue weighted by Crippen LogP contribution is -2.36. The normalized spacial score (nSPS) is 18.5. The van der Waals surface area contributed by atoms with Crippen LogP contribution >= 0.6 is 7.92 Å². The molecule has 33 heavy (non-hydrogen) atoms. The lowest BCUT2D eigenvalue weighted by molar-refractivity contribution is 0.732. The van der Waals surface area contributed by atoms with Crippen molar-refractivity contribution in [2.24, 2.45) is 0 Å². The van der Waals surface area contributed by atoms with E-state index < -0.39 is 7.92 Å². The van der Waals surface area contributed by atoms with Crippen LogP contribution in [0.4, 0.5) is 0 Å². The minimum Gasteiger partial charge on any atom is -0.192 e. The van der Waals surface area contributed by atoms with Crippen molar-refractivity contribution in [3.05, 3.63) is 143 Å². The number of hydrogen-bond donors (Lipinski definition) is 0. The monoisotopic (exact) mass is 443 g/mol. The van der Waals surface area contributed by atoms with Crippen LogP contribution in [0.5, 0.6) is 0 Å². The Hall–Kier alpha value is -3.46. The molecule has 0 bridgehead atoms. The van der Waals surface area contributed by atoms with E-state index in [9.17, 15) is 5.26 Å². The van der Waals surface area contributed by atoms with E-state index in [-0.39, 0.29) is 5.16 Å². The van der Waals surface area contributed by atoms with Crippen molar-refractivity contribution in [2.75, 3.05) is 6.16 Å².